The standard InChI is InChI=1S/C15H23N3O/c1-5-6-7-12(2)16-17-15(19)13-8-10-14(11-9-13)18(3)4/h8-11H,5-7H2,1-4H3,(H,17,19). The molecule has 0 aliphatic carbocycles. The Morgan fingerprint density at radius 3 is 2.42 bits per heavy atom. The molecule has 19 heavy (non-hydrogen) atoms. The average Bonchev–Trinajstić information content (AvgIpc) is 2.42. The zero-order chi connectivity index (χ0) is 14.3. The van der Waals surface area contributed by atoms with Gasteiger partial charge in [0.25, 0.3) is 5.91 Å². The average molecular weight is 261 g/mol. The number of rotatable bonds is 6. The maximum absolute atomic E-state index is 11.9. The largest absolute Gasteiger partial charge is 0.378 e. The lowest BCUT2D eigenvalue weighted by Crippen LogP contribution is -2.19. The molecule has 4 heteroatoms. The molecule has 0 saturated carbocycles. The molecule has 0 radical (unpaired) electrons. The van der Waals surface area contributed by atoms with E-state index in [1.807, 2.05) is 50.2 Å². The molecule has 0 spiro atoms. The minimum atomic E-state index is -0.166. The molecule has 1 amide bonds. The fourth-order valence-corrected chi connectivity index (χ4v) is 1.61. The third kappa shape index (κ3) is 5.12. The Kier molecular flexibility index (Phi) is 6.06. The van der Waals surface area contributed by atoms with Crippen LogP contribution in [0.3, 0.4) is 0 Å². The molecule has 1 rings (SSSR count). The van der Waals surface area contributed by atoms with Crippen LogP contribution in [0.25, 0.3) is 0 Å². The van der Waals surface area contributed by atoms with Crippen molar-refractivity contribution in [2.24, 2.45) is 5.10 Å². The SMILES string of the molecule is CCCCC(C)=NNC(=O)c1ccc(N(C)C)cc1. The highest BCUT2D eigenvalue weighted by atomic mass is 16.2. The Morgan fingerprint density at radius 1 is 1.26 bits per heavy atom. The van der Waals surface area contributed by atoms with Gasteiger partial charge in [0.15, 0.2) is 0 Å². The molecule has 0 atom stereocenters. The number of nitrogens with one attached hydrogen (secondary N) is 1. The third-order valence-electron chi connectivity index (χ3n) is 2.89. The topological polar surface area (TPSA) is 44.7 Å². The monoisotopic (exact) mass is 261 g/mol. The lowest BCUT2D eigenvalue weighted by atomic mass is 10.2. The number of unbranched alkanes of at least 4 members (excludes halogenated alkanes) is 1. The normalized spacial score (nSPS) is 11.3. The summed E-state index contributed by atoms with van der Waals surface area (Å²) in [6, 6.07) is 7.45. The van der Waals surface area contributed by atoms with Crippen molar-refractivity contribution in [3.8, 4) is 0 Å². The van der Waals surface area contributed by atoms with Gasteiger partial charge in [-0.3, -0.25) is 4.79 Å². The Balaban J connectivity index is 2.58. The number of hydrogen-bond acceptors (Lipinski definition) is 3. The first-order chi connectivity index (χ1) is 9.04. The van der Waals surface area contributed by atoms with E-state index in [9.17, 15) is 4.79 Å². The molecule has 104 valence electrons. The summed E-state index contributed by atoms with van der Waals surface area (Å²) in [5.74, 6) is -0.166. The second-order valence-corrected chi connectivity index (χ2v) is 4.83. The van der Waals surface area contributed by atoms with Crippen molar-refractivity contribution in [1.29, 1.82) is 0 Å². The van der Waals surface area contributed by atoms with Crippen LogP contribution in [0.4, 0.5) is 5.69 Å². The van der Waals surface area contributed by atoms with Crippen molar-refractivity contribution in [3.05, 3.63) is 29.8 Å². The van der Waals surface area contributed by atoms with E-state index in [1.54, 1.807) is 0 Å². The van der Waals surface area contributed by atoms with Crippen molar-refractivity contribution in [2.75, 3.05) is 19.0 Å². The summed E-state index contributed by atoms with van der Waals surface area (Å²) in [7, 11) is 3.94. The van der Waals surface area contributed by atoms with Gasteiger partial charge in [0, 0.05) is 31.1 Å². The molecule has 0 heterocycles. The number of carbonyl (C=O) groups is 1. The zero-order valence-electron chi connectivity index (χ0n) is 12.2. The van der Waals surface area contributed by atoms with Crippen LogP contribution in [0.15, 0.2) is 29.4 Å². The number of hydrazone groups is 1. The van der Waals surface area contributed by atoms with Crippen molar-refractivity contribution in [1.82, 2.24) is 5.43 Å². The maximum Gasteiger partial charge on any atom is 0.271 e. The first-order valence-corrected chi connectivity index (χ1v) is 6.65. The molecule has 1 aromatic carbocycles. The maximum atomic E-state index is 11.9. The second-order valence-electron chi connectivity index (χ2n) is 4.83. The zero-order valence-corrected chi connectivity index (χ0v) is 12.2. The first kappa shape index (κ1) is 15.2. The molecule has 1 N–H and O–H groups in total. The van der Waals surface area contributed by atoms with Crippen LogP contribution in [0.5, 0.6) is 0 Å². The van der Waals surface area contributed by atoms with E-state index in [4.69, 9.17) is 0 Å². The van der Waals surface area contributed by atoms with Crippen molar-refractivity contribution in [2.45, 2.75) is 33.1 Å². The number of hydrogen-bond donors (Lipinski definition) is 1. The summed E-state index contributed by atoms with van der Waals surface area (Å²) in [5, 5.41) is 4.10. The van der Waals surface area contributed by atoms with Crippen LogP contribution < -0.4 is 10.3 Å². The molecule has 0 unspecified atom stereocenters. The van der Waals surface area contributed by atoms with Crippen molar-refractivity contribution in [3.63, 3.8) is 0 Å². The fraction of sp³-hybridized carbons (Fsp3) is 0.467. The summed E-state index contributed by atoms with van der Waals surface area (Å²) in [5.41, 5.74) is 5.24. The molecular formula is C15H23N3O. The van der Waals surface area contributed by atoms with E-state index in [-0.39, 0.29) is 5.91 Å². The van der Waals surface area contributed by atoms with Crippen molar-refractivity contribution < 1.29 is 4.79 Å². The summed E-state index contributed by atoms with van der Waals surface area (Å²) in [4.78, 5) is 13.9. The summed E-state index contributed by atoms with van der Waals surface area (Å²) >= 11 is 0. The lowest BCUT2D eigenvalue weighted by Gasteiger charge is -2.12. The van der Waals surface area contributed by atoms with Gasteiger partial charge in [-0.25, -0.2) is 5.43 Å². The fourth-order valence-electron chi connectivity index (χ4n) is 1.61. The minimum absolute atomic E-state index is 0.166. The number of nitrogens with zero attached hydrogens (tertiary/aromatic N) is 2. The number of amides is 1. The summed E-state index contributed by atoms with van der Waals surface area (Å²) in [6.07, 6.45) is 3.16. The lowest BCUT2D eigenvalue weighted by molar-refractivity contribution is 0.0954. The van der Waals surface area contributed by atoms with Gasteiger partial charge in [-0.05, 0) is 44.0 Å². The van der Waals surface area contributed by atoms with Crippen LogP contribution in [0.2, 0.25) is 0 Å². The Hall–Kier alpha value is -1.84. The van der Waals surface area contributed by atoms with Gasteiger partial charge in [-0.1, -0.05) is 13.3 Å². The summed E-state index contributed by atoms with van der Waals surface area (Å²) in [6.45, 7) is 4.07. The Morgan fingerprint density at radius 2 is 1.89 bits per heavy atom. The molecule has 0 aromatic heterocycles. The quantitative estimate of drug-likeness (QED) is 0.632. The number of benzene rings is 1. The molecule has 0 aliphatic heterocycles. The molecule has 0 fully saturated rings. The first-order valence-electron chi connectivity index (χ1n) is 6.65. The minimum Gasteiger partial charge on any atom is -0.378 e. The number of anilines is 1. The van der Waals surface area contributed by atoms with Gasteiger partial charge < -0.3 is 4.90 Å². The van der Waals surface area contributed by atoms with Gasteiger partial charge in [-0.15, -0.1) is 0 Å². The van der Waals surface area contributed by atoms with Gasteiger partial charge in [0.2, 0.25) is 0 Å². The van der Waals surface area contributed by atoms with Gasteiger partial charge >= 0.3 is 0 Å². The van der Waals surface area contributed by atoms with E-state index in [0.717, 1.165) is 30.7 Å². The second kappa shape index (κ2) is 7.56. The van der Waals surface area contributed by atoms with E-state index < -0.39 is 0 Å². The van der Waals surface area contributed by atoms with E-state index in [2.05, 4.69) is 17.5 Å². The Bertz CT molecular complexity index is 435. The third-order valence-corrected chi connectivity index (χ3v) is 2.89. The molecule has 0 aliphatic rings. The van der Waals surface area contributed by atoms with Gasteiger partial charge in [0.1, 0.15) is 0 Å². The molecule has 0 saturated heterocycles. The highest BCUT2D eigenvalue weighted by molar-refractivity contribution is 5.95. The van der Waals surface area contributed by atoms with Crippen LogP contribution in [0, 0.1) is 0 Å². The highest BCUT2D eigenvalue weighted by Crippen LogP contribution is 2.12. The van der Waals surface area contributed by atoms with Crippen LogP contribution in [0.1, 0.15) is 43.5 Å². The summed E-state index contributed by atoms with van der Waals surface area (Å²) < 4.78 is 0. The molecule has 1 aromatic rings. The van der Waals surface area contributed by atoms with Gasteiger partial charge in [0.05, 0.1) is 0 Å². The predicted octanol–water partition coefficient (Wildman–Crippen LogP) is 3.05. The van der Waals surface area contributed by atoms with E-state index >= 15 is 0 Å². The van der Waals surface area contributed by atoms with Crippen LogP contribution >= 0.6 is 0 Å². The number of carbonyl (C=O) groups excluding carboxylic acids is 1. The van der Waals surface area contributed by atoms with Crippen LogP contribution in [-0.4, -0.2) is 25.7 Å². The van der Waals surface area contributed by atoms with Gasteiger partial charge in [-0.2, -0.15) is 5.10 Å². The molecule has 0 bridgehead atoms. The predicted molar refractivity (Wildman–Crippen MR) is 80.9 cm³/mol. The van der Waals surface area contributed by atoms with Crippen molar-refractivity contribution >= 4 is 17.3 Å². The molecule has 4 nitrogen and oxygen atoms in total. The van der Waals surface area contributed by atoms with E-state index in [1.165, 1.54) is 0 Å². The highest BCUT2D eigenvalue weighted by Gasteiger charge is 2.04. The van der Waals surface area contributed by atoms with E-state index in [0.29, 0.717) is 5.56 Å². The smallest absolute Gasteiger partial charge is 0.271 e. The Labute approximate surface area is 115 Å². The van der Waals surface area contributed by atoms with Crippen LogP contribution in [-0.2, 0) is 0 Å². The molecular weight excluding hydrogens is 238 g/mol.